The van der Waals surface area contributed by atoms with Crippen LogP contribution in [0.3, 0.4) is 0 Å². The van der Waals surface area contributed by atoms with Crippen LogP contribution in [0.1, 0.15) is 38.4 Å². The SMILES string of the molecule is CCC(C)(CN)c1nc(CCC(F)(F)F)no1. The Bertz CT molecular complexity index is 358. The van der Waals surface area contributed by atoms with Gasteiger partial charge in [0.1, 0.15) is 0 Å². The number of aromatic nitrogens is 2. The average Bonchev–Trinajstić information content (AvgIpc) is 2.73. The summed E-state index contributed by atoms with van der Waals surface area (Å²) in [5.74, 6) is 0.380. The zero-order chi connectivity index (χ0) is 13.1. The summed E-state index contributed by atoms with van der Waals surface area (Å²) >= 11 is 0. The van der Waals surface area contributed by atoms with E-state index in [1.54, 1.807) is 0 Å². The second-order valence-electron chi connectivity index (χ2n) is 4.25. The third kappa shape index (κ3) is 3.69. The number of hydrogen-bond donors (Lipinski definition) is 1. The highest BCUT2D eigenvalue weighted by molar-refractivity contribution is 5.03. The number of halogens is 3. The molecule has 0 bridgehead atoms. The Labute approximate surface area is 97.4 Å². The lowest BCUT2D eigenvalue weighted by Crippen LogP contribution is -2.31. The molecule has 1 aromatic heterocycles. The van der Waals surface area contributed by atoms with Gasteiger partial charge in [-0.05, 0) is 13.3 Å². The summed E-state index contributed by atoms with van der Waals surface area (Å²) in [6, 6.07) is 0. The van der Waals surface area contributed by atoms with Crippen molar-refractivity contribution in [2.75, 3.05) is 6.54 Å². The van der Waals surface area contributed by atoms with Crippen molar-refractivity contribution in [3.05, 3.63) is 11.7 Å². The highest BCUT2D eigenvalue weighted by Crippen LogP contribution is 2.26. The van der Waals surface area contributed by atoms with E-state index < -0.39 is 18.0 Å². The lowest BCUT2D eigenvalue weighted by molar-refractivity contribution is -0.134. The van der Waals surface area contributed by atoms with Gasteiger partial charge in [-0.15, -0.1) is 0 Å². The van der Waals surface area contributed by atoms with E-state index in [1.165, 1.54) is 0 Å². The highest BCUT2D eigenvalue weighted by atomic mass is 19.4. The molecule has 0 aliphatic carbocycles. The highest BCUT2D eigenvalue weighted by Gasteiger charge is 2.31. The first kappa shape index (κ1) is 14.0. The van der Waals surface area contributed by atoms with E-state index in [4.69, 9.17) is 10.3 Å². The van der Waals surface area contributed by atoms with E-state index in [1.807, 2.05) is 13.8 Å². The van der Waals surface area contributed by atoms with Crippen LogP contribution >= 0.6 is 0 Å². The Morgan fingerprint density at radius 2 is 2.00 bits per heavy atom. The molecule has 17 heavy (non-hydrogen) atoms. The number of rotatable bonds is 5. The minimum Gasteiger partial charge on any atom is -0.339 e. The molecule has 0 aliphatic rings. The van der Waals surface area contributed by atoms with Crippen LogP contribution in [0.2, 0.25) is 0 Å². The topological polar surface area (TPSA) is 64.9 Å². The van der Waals surface area contributed by atoms with E-state index in [-0.39, 0.29) is 12.2 Å². The van der Waals surface area contributed by atoms with Gasteiger partial charge in [-0.25, -0.2) is 0 Å². The molecule has 4 nitrogen and oxygen atoms in total. The zero-order valence-corrected chi connectivity index (χ0v) is 9.84. The summed E-state index contributed by atoms with van der Waals surface area (Å²) in [7, 11) is 0. The standard InChI is InChI=1S/C10H16F3N3O/c1-3-9(2,6-14)8-15-7(16-17-8)4-5-10(11,12)13/h3-6,14H2,1-2H3. The van der Waals surface area contributed by atoms with Gasteiger partial charge in [-0.1, -0.05) is 12.1 Å². The first-order valence-electron chi connectivity index (χ1n) is 5.40. The summed E-state index contributed by atoms with van der Waals surface area (Å²) in [4.78, 5) is 3.97. The lowest BCUT2D eigenvalue weighted by atomic mass is 9.88. The van der Waals surface area contributed by atoms with Gasteiger partial charge in [0.15, 0.2) is 5.82 Å². The van der Waals surface area contributed by atoms with Crippen LogP contribution in [-0.4, -0.2) is 22.9 Å². The maximum Gasteiger partial charge on any atom is 0.389 e. The van der Waals surface area contributed by atoms with Gasteiger partial charge in [0.2, 0.25) is 5.89 Å². The van der Waals surface area contributed by atoms with E-state index >= 15 is 0 Å². The van der Waals surface area contributed by atoms with Gasteiger partial charge in [0.25, 0.3) is 0 Å². The predicted octanol–water partition coefficient (Wildman–Crippen LogP) is 2.19. The molecule has 0 amide bonds. The van der Waals surface area contributed by atoms with Crippen LogP contribution in [0.4, 0.5) is 13.2 Å². The quantitative estimate of drug-likeness (QED) is 0.871. The molecular formula is C10H16F3N3O. The predicted molar refractivity (Wildman–Crippen MR) is 55.4 cm³/mol. The molecule has 1 unspecified atom stereocenters. The molecule has 0 aliphatic heterocycles. The summed E-state index contributed by atoms with van der Waals surface area (Å²) in [6.07, 6.45) is -4.73. The number of nitrogens with two attached hydrogens (primary N) is 1. The lowest BCUT2D eigenvalue weighted by Gasteiger charge is -2.20. The monoisotopic (exact) mass is 251 g/mol. The Balaban J connectivity index is 2.71. The van der Waals surface area contributed by atoms with Crippen LogP contribution in [0, 0.1) is 0 Å². The normalized spacial score (nSPS) is 15.9. The third-order valence-corrected chi connectivity index (χ3v) is 2.85. The van der Waals surface area contributed by atoms with Crippen molar-refractivity contribution < 1.29 is 17.7 Å². The van der Waals surface area contributed by atoms with Crippen LogP contribution in [-0.2, 0) is 11.8 Å². The fourth-order valence-electron chi connectivity index (χ4n) is 1.24. The molecule has 7 heteroatoms. The van der Waals surface area contributed by atoms with E-state index in [2.05, 4.69) is 10.1 Å². The fraction of sp³-hybridized carbons (Fsp3) is 0.800. The number of hydrogen-bond acceptors (Lipinski definition) is 4. The van der Waals surface area contributed by atoms with E-state index in [0.717, 1.165) is 0 Å². The number of aryl methyl sites for hydroxylation is 1. The van der Waals surface area contributed by atoms with Gasteiger partial charge in [0, 0.05) is 13.0 Å². The molecule has 1 aromatic rings. The Morgan fingerprint density at radius 3 is 2.47 bits per heavy atom. The van der Waals surface area contributed by atoms with Crippen molar-refractivity contribution in [3.63, 3.8) is 0 Å². The van der Waals surface area contributed by atoms with Crippen molar-refractivity contribution in [2.24, 2.45) is 5.73 Å². The Morgan fingerprint density at radius 1 is 1.35 bits per heavy atom. The van der Waals surface area contributed by atoms with Gasteiger partial charge >= 0.3 is 6.18 Å². The smallest absolute Gasteiger partial charge is 0.339 e. The summed E-state index contributed by atoms with van der Waals surface area (Å²) in [5, 5.41) is 3.54. The summed E-state index contributed by atoms with van der Waals surface area (Å²) in [6.45, 7) is 4.06. The molecule has 98 valence electrons. The summed E-state index contributed by atoms with van der Waals surface area (Å²) < 4.78 is 41.0. The molecule has 1 atom stereocenters. The molecule has 0 saturated carbocycles. The third-order valence-electron chi connectivity index (χ3n) is 2.85. The Kier molecular flexibility index (Phi) is 4.13. The van der Waals surface area contributed by atoms with Crippen molar-refractivity contribution in [1.82, 2.24) is 10.1 Å². The molecular weight excluding hydrogens is 235 g/mol. The van der Waals surface area contributed by atoms with Crippen molar-refractivity contribution in [1.29, 1.82) is 0 Å². The van der Waals surface area contributed by atoms with Crippen molar-refractivity contribution in [2.45, 2.75) is 44.7 Å². The first-order valence-corrected chi connectivity index (χ1v) is 5.40. The van der Waals surface area contributed by atoms with Crippen LogP contribution in [0.25, 0.3) is 0 Å². The second-order valence-corrected chi connectivity index (χ2v) is 4.25. The zero-order valence-electron chi connectivity index (χ0n) is 9.84. The summed E-state index contributed by atoms with van der Waals surface area (Å²) in [5.41, 5.74) is 5.13. The maximum atomic E-state index is 12.0. The first-order chi connectivity index (χ1) is 7.80. The fourth-order valence-corrected chi connectivity index (χ4v) is 1.24. The second kappa shape index (κ2) is 5.03. The van der Waals surface area contributed by atoms with Crippen molar-refractivity contribution in [3.8, 4) is 0 Å². The minimum absolute atomic E-state index is 0.0745. The van der Waals surface area contributed by atoms with E-state index in [9.17, 15) is 13.2 Å². The molecule has 0 fully saturated rings. The largest absolute Gasteiger partial charge is 0.389 e. The van der Waals surface area contributed by atoms with Gasteiger partial charge < -0.3 is 10.3 Å². The molecule has 0 spiro atoms. The minimum atomic E-state index is -4.21. The molecule has 0 aromatic carbocycles. The van der Waals surface area contributed by atoms with E-state index in [0.29, 0.717) is 18.9 Å². The Hall–Kier alpha value is -1.11. The van der Waals surface area contributed by atoms with Gasteiger partial charge in [-0.2, -0.15) is 18.2 Å². The number of alkyl halides is 3. The average molecular weight is 251 g/mol. The maximum absolute atomic E-state index is 12.0. The molecule has 2 N–H and O–H groups in total. The molecule has 0 saturated heterocycles. The number of nitrogens with zero attached hydrogens (tertiary/aromatic N) is 2. The molecule has 0 radical (unpaired) electrons. The molecule has 1 rings (SSSR count). The van der Waals surface area contributed by atoms with Crippen LogP contribution < -0.4 is 5.73 Å². The molecule has 1 heterocycles. The van der Waals surface area contributed by atoms with Crippen LogP contribution in [0.15, 0.2) is 4.52 Å². The van der Waals surface area contributed by atoms with Gasteiger partial charge in [0.05, 0.1) is 11.8 Å². The van der Waals surface area contributed by atoms with Crippen molar-refractivity contribution >= 4 is 0 Å². The van der Waals surface area contributed by atoms with Gasteiger partial charge in [-0.3, -0.25) is 0 Å². The van der Waals surface area contributed by atoms with Crippen LogP contribution in [0.5, 0.6) is 0 Å².